The standard InChI is InChI=1S/C12H14N2O/c1-3-14(11-7-5-4-6-8-11)12-9-13-15-10(12)2/h4-9H,3H2,1-2H3. The molecule has 3 heteroatoms. The van der Waals surface area contributed by atoms with Crippen molar-refractivity contribution in [2.24, 2.45) is 0 Å². The van der Waals surface area contributed by atoms with Gasteiger partial charge in [0.05, 0.1) is 6.20 Å². The number of aryl methyl sites for hydroxylation is 1. The van der Waals surface area contributed by atoms with Gasteiger partial charge in [-0.05, 0) is 26.0 Å². The van der Waals surface area contributed by atoms with Gasteiger partial charge < -0.3 is 9.42 Å². The first-order valence-corrected chi connectivity index (χ1v) is 5.06. The molecular weight excluding hydrogens is 188 g/mol. The Balaban J connectivity index is 2.37. The minimum absolute atomic E-state index is 0.848. The minimum Gasteiger partial charge on any atom is -0.359 e. The molecule has 0 amide bonds. The van der Waals surface area contributed by atoms with E-state index in [2.05, 4.69) is 29.1 Å². The molecule has 1 aromatic heterocycles. The first kappa shape index (κ1) is 9.77. The van der Waals surface area contributed by atoms with Crippen molar-refractivity contribution in [3.05, 3.63) is 42.3 Å². The second-order valence-corrected chi connectivity index (χ2v) is 3.35. The molecule has 3 nitrogen and oxygen atoms in total. The summed E-state index contributed by atoms with van der Waals surface area (Å²) >= 11 is 0. The molecule has 0 aliphatic rings. The van der Waals surface area contributed by atoms with Crippen LogP contribution in [0.3, 0.4) is 0 Å². The normalized spacial score (nSPS) is 10.3. The fourth-order valence-electron chi connectivity index (χ4n) is 1.65. The number of benzene rings is 1. The Kier molecular flexibility index (Phi) is 2.72. The summed E-state index contributed by atoms with van der Waals surface area (Å²) in [6.45, 7) is 4.93. The molecule has 0 fully saturated rings. The van der Waals surface area contributed by atoms with E-state index < -0.39 is 0 Å². The third-order valence-electron chi connectivity index (χ3n) is 2.40. The van der Waals surface area contributed by atoms with Crippen LogP contribution in [0.25, 0.3) is 0 Å². The van der Waals surface area contributed by atoms with Crippen molar-refractivity contribution in [3.63, 3.8) is 0 Å². The number of anilines is 2. The summed E-state index contributed by atoms with van der Waals surface area (Å²) < 4.78 is 5.08. The summed E-state index contributed by atoms with van der Waals surface area (Å²) in [6.07, 6.45) is 1.76. The Bertz CT molecular complexity index is 422. The Morgan fingerprint density at radius 2 is 2.00 bits per heavy atom. The van der Waals surface area contributed by atoms with Crippen LogP contribution in [0, 0.1) is 6.92 Å². The van der Waals surface area contributed by atoms with Gasteiger partial charge >= 0.3 is 0 Å². The molecule has 0 saturated heterocycles. The molecule has 78 valence electrons. The molecule has 0 aliphatic carbocycles. The molecule has 15 heavy (non-hydrogen) atoms. The number of nitrogens with zero attached hydrogens (tertiary/aromatic N) is 2. The lowest BCUT2D eigenvalue weighted by molar-refractivity contribution is 0.397. The van der Waals surface area contributed by atoms with Crippen molar-refractivity contribution in [2.75, 3.05) is 11.4 Å². The van der Waals surface area contributed by atoms with Crippen LogP contribution in [0.15, 0.2) is 41.1 Å². The summed E-state index contributed by atoms with van der Waals surface area (Å²) in [7, 11) is 0. The second-order valence-electron chi connectivity index (χ2n) is 3.35. The van der Waals surface area contributed by atoms with Crippen LogP contribution in [0.4, 0.5) is 11.4 Å². The summed E-state index contributed by atoms with van der Waals surface area (Å²) in [4.78, 5) is 2.17. The van der Waals surface area contributed by atoms with E-state index in [1.807, 2.05) is 25.1 Å². The SMILES string of the molecule is CCN(c1ccccc1)c1cnoc1C. The van der Waals surface area contributed by atoms with E-state index in [1.165, 1.54) is 0 Å². The van der Waals surface area contributed by atoms with Gasteiger partial charge in [-0.2, -0.15) is 0 Å². The number of hydrogen-bond donors (Lipinski definition) is 0. The number of aromatic nitrogens is 1. The van der Waals surface area contributed by atoms with Gasteiger partial charge in [-0.15, -0.1) is 0 Å². The highest BCUT2D eigenvalue weighted by atomic mass is 16.5. The summed E-state index contributed by atoms with van der Waals surface area (Å²) in [5.74, 6) is 0.848. The fraction of sp³-hybridized carbons (Fsp3) is 0.250. The lowest BCUT2D eigenvalue weighted by atomic mass is 10.2. The van der Waals surface area contributed by atoms with Gasteiger partial charge in [0.2, 0.25) is 0 Å². The van der Waals surface area contributed by atoms with Gasteiger partial charge in [0.1, 0.15) is 5.69 Å². The Hall–Kier alpha value is -1.77. The molecule has 0 aliphatic heterocycles. The fourth-order valence-corrected chi connectivity index (χ4v) is 1.65. The van der Waals surface area contributed by atoms with Crippen molar-refractivity contribution in [3.8, 4) is 0 Å². The second kappa shape index (κ2) is 4.17. The molecule has 0 saturated carbocycles. The predicted octanol–water partition coefficient (Wildman–Crippen LogP) is 3.14. The highest BCUT2D eigenvalue weighted by Gasteiger charge is 2.12. The van der Waals surface area contributed by atoms with E-state index in [-0.39, 0.29) is 0 Å². The molecule has 1 aromatic carbocycles. The van der Waals surface area contributed by atoms with Crippen LogP contribution in [-0.4, -0.2) is 11.7 Å². The Labute approximate surface area is 89.3 Å². The van der Waals surface area contributed by atoms with Crippen LogP contribution >= 0.6 is 0 Å². The summed E-state index contributed by atoms with van der Waals surface area (Å²) in [6, 6.07) is 10.2. The average molecular weight is 202 g/mol. The number of rotatable bonds is 3. The van der Waals surface area contributed by atoms with Gasteiger partial charge in [-0.3, -0.25) is 0 Å². The first-order valence-electron chi connectivity index (χ1n) is 5.06. The first-order chi connectivity index (χ1) is 7.33. The van der Waals surface area contributed by atoms with E-state index in [0.29, 0.717) is 0 Å². The van der Waals surface area contributed by atoms with Crippen molar-refractivity contribution < 1.29 is 4.52 Å². The van der Waals surface area contributed by atoms with Crippen molar-refractivity contribution in [1.82, 2.24) is 5.16 Å². The quantitative estimate of drug-likeness (QED) is 0.765. The molecular formula is C12H14N2O. The minimum atomic E-state index is 0.848. The monoisotopic (exact) mass is 202 g/mol. The zero-order chi connectivity index (χ0) is 10.7. The van der Waals surface area contributed by atoms with Crippen molar-refractivity contribution in [2.45, 2.75) is 13.8 Å². The number of hydrogen-bond acceptors (Lipinski definition) is 3. The van der Waals surface area contributed by atoms with E-state index in [9.17, 15) is 0 Å². The zero-order valence-electron chi connectivity index (χ0n) is 8.97. The molecule has 0 spiro atoms. The van der Waals surface area contributed by atoms with Crippen LogP contribution in [0.2, 0.25) is 0 Å². The molecule has 0 bridgehead atoms. The molecule has 0 radical (unpaired) electrons. The zero-order valence-corrected chi connectivity index (χ0v) is 8.97. The molecule has 2 rings (SSSR count). The molecule has 0 atom stereocenters. The Morgan fingerprint density at radius 1 is 1.27 bits per heavy atom. The topological polar surface area (TPSA) is 29.3 Å². The van der Waals surface area contributed by atoms with E-state index >= 15 is 0 Å². The third kappa shape index (κ3) is 1.86. The molecule has 0 unspecified atom stereocenters. The summed E-state index contributed by atoms with van der Waals surface area (Å²) in [5.41, 5.74) is 2.19. The summed E-state index contributed by atoms with van der Waals surface area (Å²) in [5, 5.41) is 3.80. The predicted molar refractivity (Wildman–Crippen MR) is 60.4 cm³/mol. The largest absolute Gasteiger partial charge is 0.359 e. The maximum Gasteiger partial charge on any atom is 0.157 e. The lowest BCUT2D eigenvalue weighted by Crippen LogP contribution is -2.15. The third-order valence-corrected chi connectivity index (χ3v) is 2.40. The Morgan fingerprint density at radius 3 is 2.53 bits per heavy atom. The van der Waals surface area contributed by atoms with Gasteiger partial charge in [-0.1, -0.05) is 23.4 Å². The van der Waals surface area contributed by atoms with E-state index in [4.69, 9.17) is 4.52 Å². The van der Waals surface area contributed by atoms with Crippen LogP contribution < -0.4 is 4.90 Å². The maximum atomic E-state index is 5.08. The van der Waals surface area contributed by atoms with Gasteiger partial charge in [0.25, 0.3) is 0 Å². The van der Waals surface area contributed by atoms with Gasteiger partial charge in [0, 0.05) is 12.2 Å². The van der Waals surface area contributed by atoms with Gasteiger partial charge in [0.15, 0.2) is 5.76 Å². The molecule has 1 heterocycles. The maximum absolute atomic E-state index is 5.08. The van der Waals surface area contributed by atoms with E-state index in [1.54, 1.807) is 6.20 Å². The van der Waals surface area contributed by atoms with Crippen molar-refractivity contribution >= 4 is 11.4 Å². The average Bonchev–Trinajstić information content (AvgIpc) is 2.68. The van der Waals surface area contributed by atoms with E-state index in [0.717, 1.165) is 23.7 Å². The van der Waals surface area contributed by atoms with Crippen LogP contribution in [-0.2, 0) is 0 Å². The van der Waals surface area contributed by atoms with Gasteiger partial charge in [-0.25, -0.2) is 0 Å². The molecule has 0 N–H and O–H groups in total. The van der Waals surface area contributed by atoms with Crippen molar-refractivity contribution in [1.29, 1.82) is 0 Å². The molecule has 2 aromatic rings. The van der Waals surface area contributed by atoms with Crippen LogP contribution in [0.5, 0.6) is 0 Å². The highest BCUT2D eigenvalue weighted by Crippen LogP contribution is 2.27. The van der Waals surface area contributed by atoms with Crippen LogP contribution in [0.1, 0.15) is 12.7 Å². The number of para-hydroxylation sites is 1. The smallest absolute Gasteiger partial charge is 0.157 e. The lowest BCUT2D eigenvalue weighted by Gasteiger charge is -2.21. The highest BCUT2D eigenvalue weighted by molar-refractivity contribution is 5.63.